The van der Waals surface area contributed by atoms with Crippen LogP contribution >= 0.6 is 0 Å². The molecule has 5 nitrogen and oxygen atoms in total. The lowest BCUT2D eigenvalue weighted by Gasteiger charge is -2.38. The van der Waals surface area contributed by atoms with Crippen LogP contribution < -0.4 is 0 Å². The molecule has 0 spiro atoms. The molecule has 0 rings (SSSR count). The molecule has 0 aromatic carbocycles. The molecule has 21 heavy (non-hydrogen) atoms. The molecule has 0 saturated heterocycles. The standard InChI is InChI=1S/C15H30O5Si/c1-8-14(17)15(6,7)20-21(11-9-10-16,18-12(2)3)19-13(4)5/h8,12-13,16H,1,9-11H2,2-7H3. The van der Waals surface area contributed by atoms with Crippen molar-refractivity contribution >= 4 is 14.6 Å². The zero-order valence-electron chi connectivity index (χ0n) is 14.1. The summed E-state index contributed by atoms with van der Waals surface area (Å²) >= 11 is 0. The Kier molecular flexibility index (Phi) is 8.58. The lowest BCUT2D eigenvalue weighted by Crippen LogP contribution is -2.55. The first-order valence-corrected chi connectivity index (χ1v) is 9.35. The Hall–Kier alpha value is -0.533. The Bertz CT molecular complexity index is 329. The molecule has 6 heteroatoms. The minimum atomic E-state index is -3.09. The van der Waals surface area contributed by atoms with Gasteiger partial charge in [0.2, 0.25) is 0 Å². The molecule has 124 valence electrons. The molecule has 0 fully saturated rings. The van der Waals surface area contributed by atoms with Crippen LogP contribution in [0.2, 0.25) is 6.04 Å². The molecule has 0 atom stereocenters. The Morgan fingerprint density at radius 1 is 1.24 bits per heavy atom. The quantitative estimate of drug-likeness (QED) is 0.469. The second kappa shape index (κ2) is 8.80. The summed E-state index contributed by atoms with van der Waals surface area (Å²) in [6.07, 6.45) is 1.56. The van der Waals surface area contributed by atoms with E-state index in [2.05, 4.69) is 6.58 Å². The van der Waals surface area contributed by atoms with Crippen LogP contribution in [0.15, 0.2) is 12.7 Å². The van der Waals surface area contributed by atoms with Gasteiger partial charge in [0.1, 0.15) is 5.60 Å². The molecule has 0 aliphatic carbocycles. The smallest absolute Gasteiger partial charge is 0.396 e. The highest BCUT2D eigenvalue weighted by Gasteiger charge is 2.48. The third kappa shape index (κ3) is 7.33. The second-order valence-electron chi connectivity index (χ2n) is 6.02. The third-order valence-electron chi connectivity index (χ3n) is 2.66. The maximum absolute atomic E-state index is 12.0. The van der Waals surface area contributed by atoms with Gasteiger partial charge < -0.3 is 18.4 Å². The van der Waals surface area contributed by atoms with E-state index in [-0.39, 0.29) is 24.6 Å². The minimum Gasteiger partial charge on any atom is -0.396 e. The molecule has 0 aliphatic heterocycles. The highest BCUT2D eigenvalue weighted by Crippen LogP contribution is 2.28. The number of ketones is 1. The van der Waals surface area contributed by atoms with Gasteiger partial charge in [0.25, 0.3) is 0 Å². The largest absolute Gasteiger partial charge is 0.502 e. The van der Waals surface area contributed by atoms with Gasteiger partial charge in [0.05, 0.1) is 0 Å². The summed E-state index contributed by atoms with van der Waals surface area (Å²) in [5.41, 5.74) is -1.06. The van der Waals surface area contributed by atoms with Crippen LogP contribution in [0.1, 0.15) is 48.0 Å². The summed E-state index contributed by atoms with van der Waals surface area (Å²) in [6.45, 7) is 14.5. The van der Waals surface area contributed by atoms with Crippen molar-refractivity contribution in [2.24, 2.45) is 0 Å². The highest BCUT2D eigenvalue weighted by molar-refractivity contribution is 6.61. The SMILES string of the molecule is C=CC(=O)C(C)(C)O[Si](CCCO)(OC(C)C)OC(C)C. The fourth-order valence-electron chi connectivity index (χ4n) is 1.94. The number of aliphatic hydroxyl groups excluding tert-OH is 1. The molecule has 0 unspecified atom stereocenters. The van der Waals surface area contributed by atoms with Gasteiger partial charge in [-0.15, -0.1) is 0 Å². The molecule has 0 heterocycles. The molecule has 0 aliphatic rings. The van der Waals surface area contributed by atoms with Gasteiger partial charge in [0.15, 0.2) is 5.78 Å². The topological polar surface area (TPSA) is 65.0 Å². The Balaban J connectivity index is 5.39. The fraction of sp³-hybridized carbons (Fsp3) is 0.800. The van der Waals surface area contributed by atoms with Crippen LogP contribution in [0.3, 0.4) is 0 Å². The monoisotopic (exact) mass is 318 g/mol. The Labute approximate surface area is 129 Å². The predicted octanol–water partition coefficient (Wildman–Crippen LogP) is 2.71. The average molecular weight is 318 g/mol. The van der Waals surface area contributed by atoms with Crippen molar-refractivity contribution in [1.29, 1.82) is 0 Å². The zero-order valence-corrected chi connectivity index (χ0v) is 15.1. The normalized spacial score (nSPS) is 13.0. The van der Waals surface area contributed by atoms with E-state index in [1.165, 1.54) is 6.08 Å². The maximum atomic E-state index is 12.0. The summed E-state index contributed by atoms with van der Waals surface area (Å²) in [4.78, 5) is 12.0. The molecule has 0 bridgehead atoms. The van der Waals surface area contributed by atoms with Gasteiger partial charge in [-0.2, -0.15) is 0 Å². The molecule has 0 amide bonds. The number of aliphatic hydroxyl groups is 1. The van der Waals surface area contributed by atoms with Crippen molar-refractivity contribution in [2.75, 3.05) is 6.61 Å². The van der Waals surface area contributed by atoms with Gasteiger partial charge >= 0.3 is 8.80 Å². The van der Waals surface area contributed by atoms with Crippen molar-refractivity contribution in [3.05, 3.63) is 12.7 Å². The van der Waals surface area contributed by atoms with E-state index in [0.717, 1.165) is 0 Å². The van der Waals surface area contributed by atoms with Gasteiger partial charge in [-0.3, -0.25) is 4.79 Å². The maximum Gasteiger partial charge on any atom is 0.502 e. The van der Waals surface area contributed by atoms with E-state index in [0.29, 0.717) is 12.5 Å². The first-order valence-electron chi connectivity index (χ1n) is 7.42. The van der Waals surface area contributed by atoms with E-state index in [1.807, 2.05) is 27.7 Å². The molecule has 0 saturated carbocycles. The Morgan fingerprint density at radius 2 is 1.71 bits per heavy atom. The van der Waals surface area contributed by atoms with Gasteiger partial charge in [0, 0.05) is 24.9 Å². The molecule has 1 N–H and O–H groups in total. The van der Waals surface area contributed by atoms with E-state index >= 15 is 0 Å². The van der Waals surface area contributed by atoms with E-state index < -0.39 is 14.4 Å². The Morgan fingerprint density at radius 3 is 2.05 bits per heavy atom. The van der Waals surface area contributed by atoms with Gasteiger partial charge in [-0.25, -0.2) is 0 Å². The average Bonchev–Trinajstić information content (AvgIpc) is 2.32. The molecular weight excluding hydrogens is 288 g/mol. The number of hydrogen-bond donors (Lipinski definition) is 1. The van der Waals surface area contributed by atoms with Crippen molar-refractivity contribution in [1.82, 2.24) is 0 Å². The number of carbonyl (C=O) groups is 1. The minimum absolute atomic E-state index is 0.0247. The summed E-state index contributed by atoms with van der Waals surface area (Å²) in [5.74, 6) is -0.219. The summed E-state index contributed by atoms with van der Waals surface area (Å²) in [7, 11) is -3.09. The second-order valence-corrected chi connectivity index (χ2v) is 8.57. The van der Waals surface area contributed by atoms with Crippen LogP contribution in [-0.2, 0) is 18.1 Å². The van der Waals surface area contributed by atoms with E-state index in [4.69, 9.17) is 18.4 Å². The van der Waals surface area contributed by atoms with Crippen molar-refractivity contribution < 1.29 is 23.2 Å². The van der Waals surface area contributed by atoms with Crippen LogP contribution in [0.4, 0.5) is 0 Å². The van der Waals surface area contributed by atoms with Gasteiger partial charge in [-0.05, 0) is 54.0 Å². The highest BCUT2D eigenvalue weighted by atomic mass is 28.4. The van der Waals surface area contributed by atoms with E-state index in [1.54, 1.807) is 13.8 Å². The van der Waals surface area contributed by atoms with Crippen LogP contribution in [-0.4, -0.2) is 44.1 Å². The number of rotatable bonds is 11. The predicted molar refractivity (Wildman–Crippen MR) is 85.1 cm³/mol. The molecule has 0 aromatic heterocycles. The van der Waals surface area contributed by atoms with Crippen molar-refractivity contribution in [3.63, 3.8) is 0 Å². The number of hydrogen-bond acceptors (Lipinski definition) is 5. The lowest BCUT2D eigenvalue weighted by atomic mass is 10.0. The van der Waals surface area contributed by atoms with E-state index in [9.17, 15) is 4.79 Å². The molecular formula is C15H30O5Si. The molecule has 0 radical (unpaired) electrons. The van der Waals surface area contributed by atoms with Crippen molar-refractivity contribution in [3.8, 4) is 0 Å². The van der Waals surface area contributed by atoms with Gasteiger partial charge in [-0.1, -0.05) is 6.58 Å². The van der Waals surface area contributed by atoms with Crippen LogP contribution in [0.25, 0.3) is 0 Å². The summed E-state index contributed by atoms with van der Waals surface area (Å²) in [6, 6.07) is 0.466. The van der Waals surface area contributed by atoms with Crippen molar-refractivity contribution in [2.45, 2.75) is 71.8 Å². The third-order valence-corrected chi connectivity index (χ3v) is 6.11. The molecule has 0 aromatic rings. The van der Waals surface area contributed by atoms with Crippen LogP contribution in [0.5, 0.6) is 0 Å². The first kappa shape index (κ1) is 20.5. The summed E-state index contributed by atoms with van der Waals surface area (Å²) in [5, 5.41) is 9.12. The number of carbonyl (C=O) groups excluding carboxylic acids is 1. The summed E-state index contributed by atoms with van der Waals surface area (Å²) < 4.78 is 18.0. The first-order chi connectivity index (χ1) is 9.58. The zero-order chi connectivity index (χ0) is 16.7. The van der Waals surface area contributed by atoms with Crippen LogP contribution in [0, 0.1) is 0 Å². The fourth-order valence-corrected chi connectivity index (χ4v) is 5.34. The lowest BCUT2D eigenvalue weighted by molar-refractivity contribution is -0.132.